The Balaban J connectivity index is 0.00000397. The van der Waals surface area contributed by atoms with Crippen LogP contribution < -0.4 is 31.6 Å². The zero-order valence-electron chi connectivity index (χ0n) is 39.9. The normalized spacial score (nSPS) is 12.2. The van der Waals surface area contributed by atoms with Crippen LogP contribution in [0.4, 0.5) is 11.9 Å². The van der Waals surface area contributed by atoms with Crippen LogP contribution in [0, 0.1) is 13.8 Å². The molecule has 6 N–H and O–H groups in total. The summed E-state index contributed by atoms with van der Waals surface area (Å²) in [5, 5.41) is 10.1. The van der Waals surface area contributed by atoms with Crippen LogP contribution in [0.25, 0.3) is 22.1 Å². The van der Waals surface area contributed by atoms with Gasteiger partial charge in [-0.05, 0) is 64.1 Å². The van der Waals surface area contributed by atoms with E-state index in [9.17, 15) is 33.6 Å². The van der Waals surface area contributed by atoms with Crippen LogP contribution in [0.5, 0.6) is 11.5 Å². The SMILES string of the molecule is CCc1nc(C)oc1C(=O)Nc1nc2cc(C=O)cc(OCCCN(C)C(=O)CCN3C(=O)C=CC3=O)c2n1C/C=C/Cn1c(NC(=O)c2cc(C)nn2CC)nc2cc(C(N)=O)cc(OC)c21.CN. The van der Waals surface area contributed by atoms with Crippen LogP contribution in [0.2, 0.25) is 0 Å². The number of aryl methyl sites for hydroxylation is 4. The highest BCUT2D eigenvalue weighted by atomic mass is 16.5. The minimum Gasteiger partial charge on any atom is -0.494 e. The molecule has 0 bridgehead atoms. The van der Waals surface area contributed by atoms with Gasteiger partial charge in [-0.3, -0.25) is 53.8 Å². The van der Waals surface area contributed by atoms with E-state index in [0.717, 1.165) is 4.90 Å². The van der Waals surface area contributed by atoms with Crippen molar-refractivity contribution in [2.24, 2.45) is 11.5 Å². The van der Waals surface area contributed by atoms with E-state index in [1.54, 1.807) is 65.1 Å². The van der Waals surface area contributed by atoms with E-state index in [1.807, 2.05) is 13.8 Å². The average molecular weight is 962 g/mol. The zero-order chi connectivity index (χ0) is 50.8. The van der Waals surface area contributed by atoms with Crippen LogP contribution in [0.15, 0.2) is 59.1 Å². The number of fused-ring (bicyclic) bond motifs is 2. The summed E-state index contributed by atoms with van der Waals surface area (Å²) in [4.78, 5) is 105. The van der Waals surface area contributed by atoms with Crippen LogP contribution in [0.1, 0.15) is 85.7 Å². The molecule has 0 atom stereocenters. The number of hydrogen-bond acceptors (Lipinski definition) is 15. The van der Waals surface area contributed by atoms with Crippen molar-refractivity contribution >= 4 is 75.7 Å². The number of primary amides is 1. The number of aldehydes is 1. The van der Waals surface area contributed by atoms with Gasteiger partial charge in [-0.25, -0.2) is 15.0 Å². The molecule has 0 radical (unpaired) electrons. The third-order valence-electron chi connectivity index (χ3n) is 11.0. The molecule has 0 saturated carbocycles. The molecule has 0 unspecified atom stereocenters. The molecule has 1 aliphatic heterocycles. The van der Waals surface area contributed by atoms with Gasteiger partial charge < -0.3 is 39.4 Å². The predicted molar refractivity (Wildman–Crippen MR) is 257 cm³/mol. The van der Waals surface area contributed by atoms with E-state index in [1.165, 1.54) is 43.3 Å². The molecule has 70 heavy (non-hydrogen) atoms. The van der Waals surface area contributed by atoms with Crippen molar-refractivity contribution < 1.29 is 47.5 Å². The Morgan fingerprint density at radius 1 is 0.857 bits per heavy atom. The first kappa shape index (κ1) is 50.9. The Morgan fingerprint density at radius 2 is 1.49 bits per heavy atom. The molecule has 0 spiro atoms. The van der Waals surface area contributed by atoms with Gasteiger partial charge in [0.05, 0.1) is 36.1 Å². The fourth-order valence-electron chi connectivity index (χ4n) is 7.70. The highest BCUT2D eigenvalue weighted by Crippen LogP contribution is 2.33. The summed E-state index contributed by atoms with van der Waals surface area (Å²) in [5.74, 6) is -1.84. The van der Waals surface area contributed by atoms with Gasteiger partial charge in [0.2, 0.25) is 29.5 Å². The molecule has 5 heterocycles. The molecular weight excluding hydrogens is 907 g/mol. The first-order valence-electron chi connectivity index (χ1n) is 22.3. The van der Waals surface area contributed by atoms with Crippen molar-refractivity contribution in [2.45, 2.75) is 66.6 Å². The number of oxazole rings is 1. The minimum absolute atomic E-state index is 0.0188. The summed E-state index contributed by atoms with van der Waals surface area (Å²) < 4.78 is 22.6. The van der Waals surface area contributed by atoms with E-state index in [2.05, 4.69) is 31.4 Å². The third kappa shape index (κ3) is 11.1. The second-order valence-electron chi connectivity index (χ2n) is 15.7. The highest BCUT2D eigenvalue weighted by molar-refractivity contribution is 6.13. The Kier molecular flexibility index (Phi) is 16.4. The quantitative estimate of drug-likeness (QED) is 0.0347. The highest BCUT2D eigenvalue weighted by Gasteiger charge is 2.26. The van der Waals surface area contributed by atoms with Crippen molar-refractivity contribution in [3.8, 4) is 11.5 Å². The van der Waals surface area contributed by atoms with Crippen LogP contribution >= 0.6 is 0 Å². The average Bonchev–Trinajstić information content (AvgIpc) is 4.17. The number of nitrogens with zero attached hydrogens (tertiary/aromatic N) is 9. The van der Waals surface area contributed by atoms with Crippen molar-refractivity contribution in [3.63, 3.8) is 0 Å². The summed E-state index contributed by atoms with van der Waals surface area (Å²) in [5.41, 5.74) is 13.5. The number of nitrogens with two attached hydrogens (primary N) is 2. The van der Waals surface area contributed by atoms with Gasteiger partial charge in [-0.1, -0.05) is 19.1 Å². The Morgan fingerprint density at radius 3 is 2.09 bits per heavy atom. The number of imidazole rings is 2. The minimum atomic E-state index is -0.695. The third-order valence-corrected chi connectivity index (χ3v) is 11.0. The maximum Gasteiger partial charge on any atom is 0.295 e. The maximum atomic E-state index is 13.8. The summed E-state index contributed by atoms with van der Waals surface area (Å²) in [7, 11) is 4.55. The van der Waals surface area contributed by atoms with E-state index in [4.69, 9.17) is 24.6 Å². The lowest BCUT2D eigenvalue weighted by atomic mass is 10.1. The number of aromatic nitrogens is 7. The fraction of sp³-hybridized carbons (Fsp3) is 0.340. The molecule has 6 amide bonds. The van der Waals surface area contributed by atoms with E-state index >= 15 is 0 Å². The molecule has 0 fully saturated rings. The van der Waals surface area contributed by atoms with Gasteiger partial charge >= 0.3 is 0 Å². The number of methoxy groups -OCH3 is 1. The van der Waals surface area contributed by atoms with Crippen LogP contribution in [-0.4, -0.2) is 126 Å². The monoisotopic (exact) mass is 961 g/mol. The Hall–Kier alpha value is -8.47. The molecule has 6 aromatic rings. The Labute approximate surface area is 401 Å². The smallest absolute Gasteiger partial charge is 0.295 e. The molecular formula is C47H55N13O10. The number of benzene rings is 2. The fourth-order valence-corrected chi connectivity index (χ4v) is 7.70. The van der Waals surface area contributed by atoms with Crippen LogP contribution in [-0.2, 0) is 40.4 Å². The van der Waals surface area contributed by atoms with Crippen molar-refractivity contribution in [1.29, 1.82) is 0 Å². The lowest BCUT2D eigenvalue weighted by Crippen LogP contribution is -2.36. The number of amides is 6. The summed E-state index contributed by atoms with van der Waals surface area (Å²) in [6.07, 6.45) is 7.32. The van der Waals surface area contributed by atoms with Gasteiger partial charge in [-0.2, -0.15) is 5.10 Å². The predicted octanol–water partition coefficient (Wildman–Crippen LogP) is 3.57. The molecule has 7 rings (SSSR count). The van der Waals surface area contributed by atoms with E-state index in [0.29, 0.717) is 70.7 Å². The van der Waals surface area contributed by atoms with Crippen LogP contribution in [0.3, 0.4) is 0 Å². The van der Waals surface area contributed by atoms with Gasteiger partial charge in [-0.15, -0.1) is 0 Å². The van der Waals surface area contributed by atoms with Crippen molar-refractivity contribution in [2.75, 3.05) is 51.5 Å². The number of hydrogen-bond donors (Lipinski definition) is 4. The molecule has 2 aromatic carbocycles. The molecule has 0 aliphatic carbocycles. The van der Waals surface area contributed by atoms with Gasteiger partial charge in [0.1, 0.15) is 34.5 Å². The molecule has 23 heteroatoms. The molecule has 368 valence electrons. The van der Waals surface area contributed by atoms with Gasteiger partial charge in [0.25, 0.3) is 23.6 Å². The second kappa shape index (κ2) is 22.6. The standard InChI is InChI=1S/C46H50N12O10.CH5N/c1-7-30-41(68-27(4)48-30)44(65)52-46-49-31-21-28(25-59)22-35(67-19-11-15-54(5)36(60)14-18-55-37(61)12-13-38(55)62)40(31)57(46)17-10-9-16-56-39-32(23-29(42(47)63)24-34(39)66-6)50-45(56)51-43(64)33-20-26(3)53-58(33)8-2;1-2/h9-10,12-13,20-25H,7-8,11,14-19H2,1-6H3,(H2,47,63)(H,49,52,65)(H,50,51,64);2H2,1H3/b10-9+;. The maximum absolute atomic E-state index is 13.8. The number of imide groups is 1. The Bertz CT molecular complexity index is 3030. The van der Waals surface area contributed by atoms with E-state index < -0.39 is 29.5 Å². The number of carbonyl (C=O) groups excluding carboxylic acids is 7. The first-order chi connectivity index (χ1) is 33.6. The number of rotatable bonds is 21. The molecule has 0 saturated heterocycles. The second-order valence-corrected chi connectivity index (χ2v) is 15.7. The molecule has 1 aliphatic rings. The van der Waals surface area contributed by atoms with Gasteiger partial charge in [0, 0.05) is 76.4 Å². The summed E-state index contributed by atoms with van der Waals surface area (Å²) >= 11 is 0. The van der Waals surface area contributed by atoms with Crippen molar-refractivity contribution in [1.82, 2.24) is 43.7 Å². The van der Waals surface area contributed by atoms with E-state index in [-0.39, 0.29) is 85.4 Å². The topological polar surface area (TPSA) is 300 Å². The molecule has 4 aromatic heterocycles. The number of anilines is 2. The number of nitrogens with one attached hydrogen (secondary N) is 2. The largest absolute Gasteiger partial charge is 0.494 e. The lowest BCUT2D eigenvalue weighted by molar-refractivity contribution is -0.138. The number of allylic oxidation sites excluding steroid dienone is 2. The summed E-state index contributed by atoms with van der Waals surface area (Å²) in [6, 6.07) is 7.77. The van der Waals surface area contributed by atoms with Gasteiger partial charge in [0.15, 0.2) is 5.89 Å². The number of ether oxygens (including phenoxy) is 2. The van der Waals surface area contributed by atoms with Crippen molar-refractivity contribution in [3.05, 3.63) is 94.5 Å². The molecule has 23 nitrogen and oxygen atoms in total. The first-order valence-corrected chi connectivity index (χ1v) is 22.3. The summed E-state index contributed by atoms with van der Waals surface area (Å²) in [6.45, 7) is 8.11. The number of carbonyl (C=O) groups is 7. The lowest BCUT2D eigenvalue weighted by Gasteiger charge is -2.19. The zero-order valence-corrected chi connectivity index (χ0v) is 39.9.